The summed E-state index contributed by atoms with van der Waals surface area (Å²) < 4.78 is 0. The van der Waals surface area contributed by atoms with Crippen molar-refractivity contribution in [1.29, 1.82) is 0 Å². The maximum Gasteiger partial charge on any atom is 0.150 e. The lowest BCUT2D eigenvalue weighted by molar-refractivity contribution is 0.112. The van der Waals surface area contributed by atoms with Crippen LogP contribution in [0, 0.1) is 11.8 Å². The maximum atomic E-state index is 10.5. The molecule has 0 aliphatic carbocycles. The molecular weight excluding hydrogens is 184 g/mol. The summed E-state index contributed by atoms with van der Waals surface area (Å²) in [5.74, 6) is 1.47. The Bertz CT molecular complexity index is 300. The van der Waals surface area contributed by atoms with Gasteiger partial charge in [-0.1, -0.05) is 51.5 Å². The first-order valence-corrected chi connectivity index (χ1v) is 5.71. The number of hydrogen-bond acceptors (Lipinski definition) is 1. The SMILES string of the molecule is CCC(C)C(C)Cc1ccc(C=O)cc1. The van der Waals surface area contributed by atoms with Crippen LogP contribution in [-0.2, 0) is 6.42 Å². The van der Waals surface area contributed by atoms with Gasteiger partial charge in [-0.2, -0.15) is 0 Å². The van der Waals surface area contributed by atoms with Crippen LogP contribution in [0.4, 0.5) is 0 Å². The summed E-state index contributed by atoms with van der Waals surface area (Å²) in [5.41, 5.74) is 2.09. The summed E-state index contributed by atoms with van der Waals surface area (Å²) in [6.45, 7) is 6.82. The van der Waals surface area contributed by atoms with Gasteiger partial charge in [0.1, 0.15) is 6.29 Å². The normalized spacial score (nSPS) is 14.6. The van der Waals surface area contributed by atoms with E-state index in [2.05, 4.69) is 32.9 Å². The van der Waals surface area contributed by atoms with Crippen molar-refractivity contribution in [2.24, 2.45) is 11.8 Å². The first-order chi connectivity index (χ1) is 7.17. The first kappa shape index (κ1) is 12.0. The Morgan fingerprint density at radius 1 is 1.13 bits per heavy atom. The van der Waals surface area contributed by atoms with Gasteiger partial charge in [0, 0.05) is 5.56 Å². The number of benzene rings is 1. The van der Waals surface area contributed by atoms with Crippen molar-refractivity contribution in [3.05, 3.63) is 35.4 Å². The Labute approximate surface area is 92.5 Å². The molecule has 0 amide bonds. The van der Waals surface area contributed by atoms with Gasteiger partial charge in [0.05, 0.1) is 0 Å². The van der Waals surface area contributed by atoms with Crippen LogP contribution >= 0.6 is 0 Å². The van der Waals surface area contributed by atoms with Gasteiger partial charge in [-0.25, -0.2) is 0 Å². The molecule has 1 aromatic carbocycles. The van der Waals surface area contributed by atoms with Crippen molar-refractivity contribution in [1.82, 2.24) is 0 Å². The highest BCUT2D eigenvalue weighted by atomic mass is 16.1. The topological polar surface area (TPSA) is 17.1 Å². The summed E-state index contributed by atoms with van der Waals surface area (Å²) in [7, 11) is 0. The Kier molecular flexibility index (Phi) is 4.54. The van der Waals surface area contributed by atoms with E-state index >= 15 is 0 Å². The molecule has 0 aliphatic heterocycles. The molecule has 15 heavy (non-hydrogen) atoms. The lowest BCUT2D eigenvalue weighted by Crippen LogP contribution is -2.09. The predicted molar refractivity (Wildman–Crippen MR) is 64.2 cm³/mol. The average molecular weight is 204 g/mol. The van der Waals surface area contributed by atoms with Crippen LogP contribution in [0.5, 0.6) is 0 Å². The highest BCUT2D eigenvalue weighted by Crippen LogP contribution is 2.19. The molecule has 1 heteroatoms. The molecule has 82 valence electrons. The number of carbonyl (C=O) groups excluding carboxylic acids is 1. The summed E-state index contributed by atoms with van der Waals surface area (Å²) >= 11 is 0. The molecule has 0 radical (unpaired) electrons. The molecule has 0 aliphatic rings. The summed E-state index contributed by atoms with van der Waals surface area (Å²) in [4.78, 5) is 10.5. The lowest BCUT2D eigenvalue weighted by atomic mass is 9.88. The first-order valence-electron chi connectivity index (χ1n) is 5.71. The van der Waals surface area contributed by atoms with E-state index in [0.717, 1.165) is 24.2 Å². The zero-order valence-electron chi connectivity index (χ0n) is 9.86. The van der Waals surface area contributed by atoms with E-state index in [1.807, 2.05) is 12.1 Å². The second-order valence-electron chi connectivity index (χ2n) is 4.43. The van der Waals surface area contributed by atoms with Gasteiger partial charge in [0.15, 0.2) is 0 Å². The lowest BCUT2D eigenvalue weighted by Gasteiger charge is -2.18. The fourth-order valence-corrected chi connectivity index (χ4v) is 1.71. The molecule has 2 unspecified atom stereocenters. The second kappa shape index (κ2) is 5.69. The molecule has 1 nitrogen and oxygen atoms in total. The molecule has 0 bridgehead atoms. The van der Waals surface area contributed by atoms with Crippen LogP contribution in [-0.4, -0.2) is 6.29 Å². The van der Waals surface area contributed by atoms with E-state index in [1.165, 1.54) is 12.0 Å². The molecule has 0 N–H and O–H groups in total. The summed E-state index contributed by atoms with van der Waals surface area (Å²) in [6.07, 6.45) is 3.23. The third-order valence-electron chi connectivity index (χ3n) is 3.29. The molecule has 1 aromatic rings. The van der Waals surface area contributed by atoms with Crippen LogP contribution in [0.15, 0.2) is 24.3 Å². The smallest absolute Gasteiger partial charge is 0.150 e. The molecule has 1 rings (SSSR count). The third kappa shape index (κ3) is 3.50. The molecule has 2 atom stereocenters. The predicted octanol–water partition coefficient (Wildman–Crippen LogP) is 3.72. The standard InChI is InChI=1S/C14H20O/c1-4-11(2)12(3)9-13-5-7-14(10-15)8-6-13/h5-8,10-12H,4,9H2,1-3H3. The van der Waals surface area contributed by atoms with Crippen LogP contribution in [0.3, 0.4) is 0 Å². The molecular formula is C14H20O. The van der Waals surface area contributed by atoms with Crippen molar-refractivity contribution in [3.63, 3.8) is 0 Å². The Morgan fingerprint density at radius 2 is 1.73 bits per heavy atom. The minimum Gasteiger partial charge on any atom is -0.298 e. The fraction of sp³-hybridized carbons (Fsp3) is 0.500. The van der Waals surface area contributed by atoms with Crippen molar-refractivity contribution in [2.75, 3.05) is 0 Å². The van der Waals surface area contributed by atoms with Gasteiger partial charge >= 0.3 is 0 Å². The van der Waals surface area contributed by atoms with Gasteiger partial charge in [0.25, 0.3) is 0 Å². The van der Waals surface area contributed by atoms with Gasteiger partial charge in [-0.05, 0) is 23.8 Å². The Morgan fingerprint density at radius 3 is 2.20 bits per heavy atom. The van der Waals surface area contributed by atoms with Crippen LogP contribution < -0.4 is 0 Å². The number of hydrogen-bond donors (Lipinski definition) is 0. The maximum absolute atomic E-state index is 10.5. The second-order valence-corrected chi connectivity index (χ2v) is 4.43. The highest BCUT2D eigenvalue weighted by Gasteiger charge is 2.10. The van der Waals surface area contributed by atoms with Crippen molar-refractivity contribution in [2.45, 2.75) is 33.6 Å². The number of aldehydes is 1. The highest BCUT2D eigenvalue weighted by molar-refractivity contribution is 5.74. The van der Waals surface area contributed by atoms with Gasteiger partial charge < -0.3 is 0 Å². The molecule has 0 aromatic heterocycles. The van der Waals surface area contributed by atoms with Crippen LogP contribution in [0.1, 0.15) is 43.1 Å². The number of carbonyl (C=O) groups is 1. The number of rotatable bonds is 5. The summed E-state index contributed by atoms with van der Waals surface area (Å²) in [6, 6.07) is 7.91. The van der Waals surface area contributed by atoms with E-state index in [9.17, 15) is 4.79 Å². The van der Waals surface area contributed by atoms with Crippen LogP contribution in [0.25, 0.3) is 0 Å². The fourth-order valence-electron chi connectivity index (χ4n) is 1.71. The van der Waals surface area contributed by atoms with E-state index in [1.54, 1.807) is 0 Å². The Balaban J connectivity index is 2.60. The largest absolute Gasteiger partial charge is 0.298 e. The third-order valence-corrected chi connectivity index (χ3v) is 3.29. The van der Waals surface area contributed by atoms with Gasteiger partial charge in [0.2, 0.25) is 0 Å². The molecule has 0 heterocycles. The van der Waals surface area contributed by atoms with E-state index in [-0.39, 0.29) is 0 Å². The van der Waals surface area contributed by atoms with Crippen LogP contribution in [0.2, 0.25) is 0 Å². The van der Waals surface area contributed by atoms with E-state index < -0.39 is 0 Å². The van der Waals surface area contributed by atoms with Gasteiger partial charge in [-0.15, -0.1) is 0 Å². The van der Waals surface area contributed by atoms with E-state index in [4.69, 9.17) is 0 Å². The minimum atomic E-state index is 0.706. The zero-order chi connectivity index (χ0) is 11.3. The molecule has 0 fully saturated rings. The summed E-state index contributed by atoms with van der Waals surface area (Å²) in [5, 5.41) is 0. The Hall–Kier alpha value is -1.11. The van der Waals surface area contributed by atoms with Gasteiger partial charge in [-0.3, -0.25) is 4.79 Å². The average Bonchev–Trinajstić information content (AvgIpc) is 2.29. The van der Waals surface area contributed by atoms with Crippen molar-refractivity contribution < 1.29 is 4.79 Å². The van der Waals surface area contributed by atoms with Crippen molar-refractivity contribution >= 4 is 6.29 Å². The monoisotopic (exact) mass is 204 g/mol. The molecule has 0 saturated carbocycles. The minimum absolute atomic E-state index is 0.706. The quantitative estimate of drug-likeness (QED) is 0.668. The molecule has 0 spiro atoms. The van der Waals surface area contributed by atoms with E-state index in [0.29, 0.717) is 5.92 Å². The zero-order valence-corrected chi connectivity index (χ0v) is 9.86. The molecule has 0 saturated heterocycles. The van der Waals surface area contributed by atoms with Crippen molar-refractivity contribution in [3.8, 4) is 0 Å².